The van der Waals surface area contributed by atoms with Crippen LogP contribution in [0, 0.1) is 18.8 Å². The molecule has 2 amide bonds. The molecule has 83 heavy (non-hydrogen) atoms. The number of likely N-dealkylation sites (tertiary alicyclic amines) is 2. The summed E-state index contributed by atoms with van der Waals surface area (Å²) in [5, 5.41) is 37.6. The average Bonchev–Trinajstić information content (AvgIpc) is 4.49. The molecule has 4 aromatic heterocycles. The van der Waals surface area contributed by atoms with Crippen LogP contribution in [0.2, 0.25) is 0 Å². The molecule has 2 bridgehead atoms. The summed E-state index contributed by atoms with van der Waals surface area (Å²) >= 11 is 1.60. The number of hydrogen-bond donors (Lipinski definition) is 4. The van der Waals surface area contributed by atoms with Crippen LogP contribution in [-0.2, 0) is 14.3 Å². The van der Waals surface area contributed by atoms with Crippen molar-refractivity contribution in [3.05, 3.63) is 102 Å². The number of fused-ring (bicyclic) bond motifs is 2. The van der Waals surface area contributed by atoms with Crippen LogP contribution in [0.4, 0.5) is 23.0 Å². The van der Waals surface area contributed by atoms with Crippen LogP contribution >= 0.6 is 11.3 Å². The number of piperidine rings is 2. The summed E-state index contributed by atoms with van der Waals surface area (Å²) in [6.07, 6.45) is 9.64. The zero-order valence-electron chi connectivity index (χ0n) is 48.6. The molecular formula is C63H80N12O7S. The second-order valence-corrected chi connectivity index (χ2v) is 25.8. The summed E-state index contributed by atoms with van der Waals surface area (Å²) in [5.41, 5.74) is 14.5. The predicted molar refractivity (Wildman–Crippen MR) is 320 cm³/mol. The summed E-state index contributed by atoms with van der Waals surface area (Å²) in [4.78, 5) is 49.8. The number of nitrogens with zero attached hydrogens (tertiary/aromatic N) is 10. The van der Waals surface area contributed by atoms with Crippen LogP contribution in [0.25, 0.3) is 21.7 Å². The van der Waals surface area contributed by atoms with Crippen molar-refractivity contribution in [3.63, 3.8) is 0 Å². The summed E-state index contributed by atoms with van der Waals surface area (Å²) < 4.78 is 19.2. The number of piperazine rings is 1. The number of pyridine rings is 1. The topological polar surface area (TPSA) is 225 Å². The number of hydrogen-bond acceptors (Lipinski definition) is 18. The Labute approximate surface area is 490 Å². The van der Waals surface area contributed by atoms with E-state index in [0.29, 0.717) is 46.7 Å². The van der Waals surface area contributed by atoms with E-state index < -0.39 is 18.1 Å². The minimum atomic E-state index is -0.808. The number of amides is 2. The van der Waals surface area contributed by atoms with E-state index in [0.717, 1.165) is 130 Å². The Bertz CT molecular complexity index is 3230. The van der Waals surface area contributed by atoms with E-state index in [1.54, 1.807) is 28.4 Å². The highest BCUT2D eigenvalue weighted by molar-refractivity contribution is 7.13. The number of anilines is 4. The van der Waals surface area contributed by atoms with E-state index >= 15 is 0 Å². The molecule has 440 valence electrons. The molecule has 9 heterocycles. The van der Waals surface area contributed by atoms with Crippen molar-refractivity contribution in [2.45, 2.75) is 159 Å². The number of aliphatic hydroxyl groups is 1. The van der Waals surface area contributed by atoms with Crippen LogP contribution in [0.15, 0.2) is 89.0 Å². The fourth-order valence-electron chi connectivity index (χ4n) is 14.1. The number of β-amino-alcohol motifs (C(OH)–C–C–N with tert-alkyl or cyclic N) is 1. The number of nitrogens with one attached hydrogen (secondary N) is 1. The van der Waals surface area contributed by atoms with Gasteiger partial charge < -0.3 is 54.9 Å². The molecule has 5 saturated heterocycles. The van der Waals surface area contributed by atoms with Gasteiger partial charge in [0.25, 0.3) is 0 Å². The first kappa shape index (κ1) is 56.6. The number of phenolic OH excluding ortho intramolecular Hbond substituents is 1. The highest BCUT2D eigenvalue weighted by Gasteiger charge is 2.46. The molecule has 6 fully saturated rings. The van der Waals surface area contributed by atoms with Gasteiger partial charge in [-0.1, -0.05) is 55.4 Å². The number of carbonyl (C=O) groups is 2. The number of carbonyl (C=O) groups excluding carboxylic acids is 2. The van der Waals surface area contributed by atoms with E-state index in [4.69, 9.17) is 19.7 Å². The predicted octanol–water partition coefficient (Wildman–Crippen LogP) is 8.77. The lowest BCUT2D eigenvalue weighted by molar-refractivity contribution is -0.141. The van der Waals surface area contributed by atoms with Crippen molar-refractivity contribution in [2.24, 2.45) is 11.8 Å². The van der Waals surface area contributed by atoms with Crippen LogP contribution in [0.3, 0.4) is 0 Å². The summed E-state index contributed by atoms with van der Waals surface area (Å²) in [7, 11) is 0. The SMILES string of the molecule is Cc1ncsc1-c1ccc([C@H](C)NC(=O)[C@@H]2C[C@@H](O)CN2C(=O)C(c2cc(N3CCC(C(C)(C)N4CCC(OC5CC(Oc6cc(N7C8CCC7CN(c7cc(-c9ccccc9O)nnc7N)C8)ccn6)C5)CC4)CC3)no2)C(C)C)cc1. The van der Waals surface area contributed by atoms with Gasteiger partial charge in [0.1, 0.15) is 23.8 Å². The standard InChI is InChI=1S/C63H80N12O7S/c1-37(2)58(62(79)74-35-46(76)28-53(74)61(78)67-38(3)40-11-13-41(14-12-40)59-39(4)66-36-83-59)55-32-56(70-82-55)71-23-18-42(19-24-71)63(5,6)73-25-20-47(21-26-73)80-48-29-49(30-48)81-57-27-43(17-22-65-57)75-44-15-16-45(75)34-72(33-44)52-31-51(68-69-60(52)64)50-9-7-8-10-54(50)77/h7-14,17,22,27,31-32,36-38,42,44-49,53,58,76-77H,15-16,18-21,23-26,28-30,33-35H2,1-6H3,(H2,64,69)(H,67,78)/t38-,44?,45?,46+,48?,49?,53-,58?/m0/s1. The van der Waals surface area contributed by atoms with E-state index in [1.165, 1.54) is 0 Å². The van der Waals surface area contributed by atoms with Crippen LogP contribution in [-0.4, -0.2) is 151 Å². The maximum absolute atomic E-state index is 14.5. The monoisotopic (exact) mass is 1150 g/mol. The van der Waals surface area contributed by atoms with Gasteiger partial charge in [-0.05, 0) is 113 Å². The summed E-state index contributed by atoms with van der Waals surface area (Å²) in [6.45, 7) is 18.0. The van der Waals surface area contributed by atoms with Crippen LogP contribution in [0.5, 0.6) is 11.6 Å². The Hall–Kier alpha value is -6.87. The van der Waals surface area contributed by atoms with Crippen LogP contribution in [0.1, 0.15) is 121 Å². The Kier molecular flexibility index (Phi) is 16.1. The van der Waals surface area contributed by atoms with Crippen molar-refractivity contribution in [1.29, 1.82) is 0 Å². The van der Waals surface area contributed by atoms with E-state index in [9.17, 15) is 19.8 Å². The van der Waals surface area contributed by atoms with Crippen molar-refractivity contribution >= 4 is 46.2 Å². The van der Waals surface area contributed by atoms with Gasteiger partial charge in [0, 0.05) is 112 Å². The number of nitrogen functional groups attached to an aromatic ring is 1. The van der Waals surface area contributed by atoms with Gasteiger partial charge in [-0.25, -0.2) is 9.97 Å². The lowest BCUT2D eigenvalue weighted by atomic mass is 9.78. The van der Waals surface area contributed by atoms with Gasteiger partial charge in [0.05, 0.1) is 51.8 Å². The van der Waals surface area contributed by atoms with Crippen LogP contribution < -0.4 is 30.5 Å². The van der Waals surface area contributed by atoms with Gasteiger partial charge in [-0.3, -0.25) is 14.5 Å². The number of thiazole rings is 1. The molecule has 2 aromatic carbocycles. The molecule has 1 saturated carbocycles. The Morgan fingerprint density at radius 3 is 2.27 bits per heavy atom. The second-order valence-electron chi connectivity index (χ2n) is 25.0. The zero-order chi connectivity index (χ0) is 57.7. The van der Waals surface area contributed by atoms with Gasteiger partial charge in [0.2, 0.25) is 17.7 Å². The first-order valence-corrected chi connectivity index (χ1v) is 30.9. The number of aliphatic hydroxyl groups excluding tert-OH is 1. The quantitative estimate of drug-likeness (QED) is 0.0670. The van der Waals surface area contributed by atoms with E-state index in [1.807, 2.05) is 87.9 Å². The first-order valence-electron chi connectivity index (χ1n) is 30.0. The fraction of sp³-hybridized carbons (Fsp3) is 0.540. The molecule has 0 radical (unpaired) electrons. The largest absolute Gasteiger partial charge is 0.507 e. The number of aryl methyl sites for hydroxylation is 1. The summed E-state index contributed by atoms with van der Waals surface area (Å²) in [6, 6.07) is 22.8. The number of ether oxygens (including phenoxy) is 2. The third-order valence-corrected chi connectivity index (χ3v) is 20.0. The lowest BCUT2D eigenvalue weighted by Crippen LogP contribution is -2.56. The molecule has 6 atom stereocenters. The molecule has 3 unspecified atom stereocenters. The van der Waals surface area contributed by atoms with E-state index in [-0.39, 0.29) is 66.3 Å². The third-order valence-electron chi connectivity index (χ3n) is 19.0. The molecule has 1 aliphatic carbocycles. The molecule has 0 spiro atoms. The lowest BCUT2D eigenvalue weighted by Gasteiger charge is -2.50. The number of benzene rings is 2. The van der Waals surface area contributed by atoms with Gasteiger partial charge >= 0.3 is 0 Å². The molecule has 20 heteroatoms. The third kappa shape index (κ3) is 11.7. The minimum absolute atomic E-state index is 0.0153. The van der Waals surface area contributed by atoms with Gasteiger partial charge in [-0.15, -0.1) is 21.5 Å². The molecule has 6 aliphatic rings. The highest BCUT2D eigenvalue weighted by atomic mass is 32.1. The Morgan fingerprint density at radius 2 is 1.57 bits per heavy atom. The first-order chi connectivity index (χ1) is 40.0. The number of phenols is 1. The van der Waals surface area contributed by atoms with Crippen molar-refractivity contribution in [3.8, 4) is 33.3 Å². The molecule has 5 aliphatic heterocycles. The molecule has 6 aromatic rings. The maximum Gasteiger partial charge on any atom is 0.243 e. The summed E-state index contributed by atoms with van der Waals surface area (Å²) in [5.74, 6) is 1.59. The normalized spacial score (nSPS) is 24.3. The number of aromatic hydroxyl groups is 1. The Balaban J connectivity index is 0.581. The smallest absolute Gasteiger partial charge is 0.243 e. The van der Waals surface area contributed by atoms with Crippen molar-refractivity contribution in [1.82, 2.24) is 40.4 Å². The van der Waals surface area contributed by atoms with Gasteiger partial charge in [-0.2, -0.15) is 0 Å². The molecule has 5 N–H and O–H groups in total. The number of nitrogens with two attached hydrogens (primary N) is 1. The highest BCUT2D eigenvalue weighted by Crippen LogP contribution is 2.42. The van der Waals surface area contributed by atoms with Crippen molar-refractivity contribution in [2.75, 3.05) is 66.2 Å². The second kappa shape index (κ2) is 23.6. The zero-order valence-corrected chi connectivity index (χ0v) is 49.5. The maximum atomic E-state index is 14.5. The van der Waals surface area contributed by atoms with Crippen molar-refractivity contribution < 1.29 is 33.8 Å². The molecule has 12 rings (SSSR count). The molecular weight excluding hydrogens is 1070 g/mol. The number of aromatic nitrogens is 5. The van der Waals surface area contributed by atoms with Gasteiger partial charge in [0.15, 0.2) is 17.4 Å². The minimum Gasteiger partial charge on any atom is -0.507 e. The molecule has 19 nitrogen and oxygen atoms in total. The fourth-order valence-corrected chi connectivity index (χ4v) is 14.9. The van der Waals surface area contributed by atoms with E-state index in [2.05, 4.69) is 76.2 Å². The number of rotatable bonds is 17. The Morgan fingerprint density at radius 1 is 0.831 bits per heavy atom. The number of para-hydroxylation sites is 1. The average molecular weight is 1150 g/mol.